The van der Waals surface area contributed by atoms with Gasteiger partial charge in [0.2, 0.25) is 0 Å². The van der Waals surface area contributed by atoms with Gasteiger partial charge in [0.15, 0.2) is 0 Å². The summed E-state index contributed by atoms with van der Waals surface area (Å²) in [4.78, 5) is 0. The number of benzene rings is 1. The Balaban J connectivity index is 3.00. The quantitative estimate of drug-likeness (QED) is 0.682. The molecule has 2 aromatic rings. The van der Waals surface area contributed by atoms with Gasteiger partial charge in [-0.15, -0.1) is 0 Å². The van der Waals surface area contributed by atoms with E-state index in [2.05, 4.69) is 67.1 Å². The second-order valence-corrected chi connectivity index (χ2v) is 3.86. The van der Waals surface area contributed by atoms with E-state index >= 15 is 0 Å². The van der Waals surface area contributed by atoms with E-state index in [0.29, 0.717) is 0 Å². The first-order chi connectivity index (χ1) is 7.79. The number of aromatic nitrogens is 1. The second kappa shape index (κ2) is 4.40. The molecule has 0 N–H and O–H groups in total. The van der Waals surface area contributed by atoms with Gasteiger partial charge in [-0.2, -0.15) is 0 Å². The average Bonchev–Trinajstić information content (AvgIpc) is 2.60. The van der Waals surface area contributed by atoms with Crippen molar-refractivity contribution in [1.82, 2.24) is 4.57 Å². The van der Waals surface area contributed by atoms with Crippen LogP contribution in [0.5, 0.6) is 0 Å². The molecule has 0 radical (unpaired) electrons. The molecule has 0 aliphatic rings. The van der Waals surface area contributed by atoms with Crippen LogP contribution in [0.2, 0.25) is 0 Å². The Kier molecular flexibility index (Phi) is 2.95. The summed E-state index contributed by atoms with van der Waals surface area (Å²) in [5.74, 6) is 0. The number of allylic oxidation sites excluding steroid dienone is 2. The maximum Gasteiger partial charge on any atom is 0.0488 e. The van der Waals surface area contributed by atoms with E-state index in [4.69, 9.17) is 0 Å². The van der Waals surface area contributed by atoms with Gasteiger partial charge in [-0.3, -0.25) is 0 Å². The molecule has 0 spiro atoms. The normalized spacial score (nSPS) is 14.4. The van der Waals surface area contributed by atoms with Gasteiger partial charge >= 0.3 is 0 Å². The number of nitrogens with zero attached hydrogens (tertiary/aromatic N) is 1. The summed E-state index contributed by atoms with van der Waals surface area (Å²) in [6.07, 6.45) is 8.48. The number of hydrogen-bond acceptors (Lipinski definition) is 0. The fraction of sp³-hybridized carbons (Fsp3) is 0.200. The van der Waals surface area contributed by atoms with Crippen LogP contribution in [0, 0.1) is 0 Å². The van der Waals surface area contributed by atoms with Gasteiger partial charge in [-0.1, -0.05) is 36.4 Å². The number of aryl methyl sites for hydroxylation is 1. The van der Waals surface area contributed by atoms with Gasteiger partial charge in [0.25, 0.3) is 0 Å². The minimum Gasteiger partial charge on any atom is -0.344 e. The van der Waals surface area contributed by atoms with Crippen LogP contribution in [0.15, 0.2) is 36.4 Å². The van der Waals surface area contributed by atoms with E-state index in [9.17, 15) is 0 Å². The third-order valence-electron chi connectivity index (χ3n) is 2.93. The maximum atomic E-state index is 2.24. The van der Waals surface area contributed by atoms with Crippen LogP contribution in [0.1, 0.15) is 13.8 Å². The molecule has 1 nitrogen and oxygen atoms in total. The summed E-state index contributed by atoms with van der Waals surface area (Å²) >= 11 is 0. The molecule has 0 aliphatic heterocycles. The highest BCUT2D eigenvalue weighted by atomic mass is 14.9. The van der Waals surface area contributed by atoms with Crippen LogP contribution < -0.4 is 10.6 Å². The molecule has 2 rings (SSSR count). The average molecular weight is 211 g/mol. The predicted octanol–water partition coefficient (Wildman–Crippen LogP) is 2.34. The molecular weight excluding hydrogens is 194 g/mol. The first-order valence-electron chi connectivity index (χ1n) is 5.62. The molecular formula is C15H17N. The van der Waals surface area contributed by atoms with Crippen molar-refractivity contribution < 1.29 is 0 Å². The van der Waals surface area contributed by atoms with Gasteiger partial charge in [0.1, 0.15) is 0 Å². The molecule has 0 aliphatic carbocycles. The number of para-hydroxylation sites is 1. The van der Waals surface area contributed by atoms with Gasteiger partial charge in [0, 0.05) is 28.5 Å². The third kappa shape index (κ3) is 1.58. The topological polar surface area (TPSA) is 4.93 Å². The molecule has 1 heteroatoms. The van der Waals surface area contributed by atoms with Crippen LogP contribution in [0.3, 0.4) is 0 Å². The lowest BCUT2D eigenvalue weighted by atomic mass is 10.2. The van der Waals surface area contributed by atoms with E-state index in [1.807, 2.05) is 6.92 Å². The molecule has 0 bridgehead atoms. The summed E-state index contributed by atoms with van der Waals surface area (Å²) in [5, 5.41) is 3.90. The minimum absolute atomic E-state index is 1.27. The molecule has 82 valence electrons. The van der Waals surface area contributed by atoms with Gasteiger partial charge in [-0.05, 0) is 26.0 Å². The fourth-order valence-electron chi connectivity index (χ4n) is 2.13. The molecule has 1 aromatic heterocycles. The van der Waals surface area contributed by atoms with Crippen molar-refractivity contribution in [2.24, 2.45) is 7.05 Å². The summed E-state index contributed by atoms with van der Waals surface area (Å²) in [6, 6.07) is 8.52. The molecule has 0 amide bonds. The van der Waals surface area contributed by atoms with E-state index in [1.54, 1.807) is 0 Å². The zero-order valence-corrected chi connectivity index (χ0v) is 10.1. The highest BCUT2D eigenvalue weighted by Gasteiger charge is 2.01. The number of rotatable bonds is 1. The lowest BCUT2D eigenvalue weighted by molar-refractivity contribution is 0.925. The summed E-state index contributed by atoms with van der Waals surface area (Å²) in [5.41, 5.74) is 1.28. The highest BCUT2D eigenvalue weighted by molar-refractivity contribution is 5.82. The SMILES string of the molecule is C\C=C/C=c1\c(=C\C)c2ccccc2n1C. The first kappa shape index (κ1) is 10.7. The Bertz CT molecular complexity index is 642. The van der Waals surface area contributed by atoms with Gasteiger partial charge < -0.3 is 4.57 Å². The Morgan fingerprint density at radius 2 is 1.88 bits per heavy atom. The summed E-state index contributed by atoms with van der Waals surface area (Å²) < 4.78 is 2.24. The van der Waals surface area contributed by atoms with E-state index in [-0.39, 0.29) is 0 Å². The molecule has 0 unspecified atom stereocenters. The zero-order valence-electron chi connectivity index (χ0n) is 10.1. The van der Waals surface area contributed by atoms with E-state index in [1.165, 1.54) is 21.5 Å². The third-order valence-corrected chi connectivity index (χ3v) is 2.93. The molecule has 0 saturated heterocycles. The second-order valence-electron chi connectivity index (χ2n) is 3.86. The van der Waals surface area contributed by atoms with Crippen molar-refractivity contribution in [2.45, 2.75) is 13.8 Å². The molecule has 1 heterocycles. The Hall–Kier alpha value is -1.76. The van der Waals surface area contributed by atoms with Crippen molar-refractivity contribution in [3.8, 4) is 0 Å². The van der Waals surface area contributed by atoms with E-state index < -0.39 is 0 Å². The Labute approximate surface area is 96.0 Å². The first-order valence-corrected chi connectivity index (χ1v) is 5.62. The number of fused-ring (bicyclic) bond motifs is 1. The van der Waals surface area contributed by atoms with Crippen molar-refractivity contribution in [3.63, 3.8) is 0 Å². The standard InChI is InChI=1S/C15H17N/c1-4-6-10-14-12(5-2)13-9-7-8-11-15(13)16(14)3/h4-11H,1-3H3/b6-4-,12-5+,14-10+. The van der Waals surface area contributed by atoms with Crippen LogP contribution in [-0.4, -0.2) is 4.57 Å². The predicted molar refractivity (Wildman–Crippen MR) is 71.6 cm³/mol. The Morgan fingerprint density at radius 3 is 2.56 bits per heavy atom. The van der Waals surface area contributed by atoms with Gasteiger partial charge in [0.05, 0.1) is 0 Å². The largest absolute Gasteiger partial charge is 0.344 e. The van der Waals surface area contributed by atoms with Crippen molar-refractivity contribution in [2.75, 3.05) is 0 Å². The van der Waals surface area contributed by atoms with Crippen LogP contribution in [-0.2, 0) is 7.05 Å². The Morgan fingerprint density at radius 1 is 1.12 bits per heavy atom. The minimum atomic E-state index is 1.27. The summed E-state index contributed by atoms with van der Waals surface area (Å²) in [7, 11) is 2.12. The lowest BCUT2D eigenvalue weighted by Crippen LogP contribution is -2.27. The van der Waals surface area contributed by atoms with Crippen molar-refractivity contribution in [1.29, 1.82) is 0 Å². The molecule has 0 atom stereocenters. The highest BCUT2D eigenvalue weighted by Crippen LogP contribution is 2.06. The number of hydrogen-bond donors (Lipinski definition) is 0. The van der Waals surface area contributed by atoms with Gasteiger partial charge in [-0.25, -0.2) is 0 Å². The van der Waals surface area contributed by atoms with Crippen molar-refractivity contribution >= 4 is 23.1 Å². The van der Waals surface area contributed by atoms with Crippen LogP contribution >= 0.6 is 0 Å². The fourth-order valence-corrected chi connectivity index (χ4v) is 2.13. The molecule has 0 saturated carbocycles. The van der Waals surface area contributed by atoms with E-state index in [0.717, 1.165) is 0 Å². The lowest BCUT2D eigenvalue weighted by Gasteiger charge is -1.94. The maximum absolute atomic E-state index is 2.24. The monoisotopic (exact) mass is 211 g/mol. The van der Waals surface area contributed by atoms with Crippen LogP contribution in [0.25, 0.3) is 23.1 Å². The molecule has 16 heavy (non-hydrogen) atoms. The smallest absolute Gasteiger partial charge is 0.0488 e. The summed E-state index contributed by atoms with van der Waals surface area (Å²) in [6.45, 7) is 4.13. The van der Waals surface area contributed by atoms with Crippen molar-refractivity contribution in [3.05, 3.63) is 47.0 Å². The van der Waals surface area contributed by atoms with Crippen LogP contribution in [0.4, 0.5) is 0 Å². The molecule has 1 aromatic carbocycles. The molecule has 0 fully saturated rings. The zero-order chi connectivity index (χ0) is 11.5.